The highest BCUT2D eigenvalue weighted by Crippen LogP contribution is 2.43. The van der Waals surface area contributed by atoms with E-state index in [1.54, 1.807) is 48.7 Å². The molecule has 2 aromatic carbocycles. The molecule has 1 aromatic heterocycles. The number of methoxy groups -OCH3 is 1. The second kappa shape index (κ2) is 8.95. The van der Waals surface area contributed by atoms with Crippen molar-refractivity contribution in [2.45, 2.75) is 32.2 Å². The van der Waals surface area contributed by atoms with Crippen molar-refractivity contribution in [2.24, 2.45) is 0 Å². The molecule has 3 aromatic rings. The Balaban J connectivity index is 1.92. The molecule has 0 bridgehead atoms. The van der Waals surface area contributed by atoms with Crippen LogP contribution in [0.4, 0.5) is 5.69 Å². The van der Waals surface area contributed by atoms with Crippen LogP contribution >= 0.6 is 11.6 Å². The van der Waals surface area contributed by atoms with Crippen LogP contribution in [0.1, 0.15) is 43.6 Å². The lowest BCUT2D eigenvalue weighted by molar-refractivity contribution is -0.132. The van der Waals surface area contributed by atoms with Gasteiger partial charge in [0, 0.05) is 17.4 Å². The van der Waals surface area contributed by atoms with Crippen molar-refractivity contribution in [1.29, 1.82) is 0 Å². The lowest BCUT2D eigenvalue weighted by Crippen LogP contribution is -2.30. The van der Waals surface area contributed by atoms with Gasteiger partial charge in [-0.1, -0.05) is 50.6 Å². The van der Waals surface area contributed by atoms with E-state index >= 15 is 0 Å². The Bertz CT molecular complexity index is 1280. The molecule has 6 nitrogen and oxygen atoms in total. The van der Waals surface area contributed by atoms with E-state index in [1.807, 2.05) is 12.1 Å². The van der Waals surface area contributed by atoms with E-state index in [1.165, 1.54) is 18.1 Å². The van der Waals surface area contributed by atoms with Crippen molar-refractivity contribution < 1.29 is 19.4 Å². The van der Waals surface area contributed by atoms with Crippen molar-refractivity contribution in [1.82, 2.24) is 4.98 Å². The van der Waals surface area contributed by atoms with Gasteiger partial charge in [0.15, 0.2) is 0 Å². The van der Waals surface area contributed by atoms with Gasteiger partial charge >= 0.3 is 0 Å². The summed E-state index contributed by atoms with van der Waals surface area (Å²) < 4.78 is 5.24. The average Bonchev–Trinajstić information content (AvgIpc) is 3.09. The van der Waals surface area contributed by atoms with Gasteiger partial charge in [0.1, 0.15) is 17.6 Å². The van der Waals surface area contributed by atoms with Crippen molar-refractivity contribution in [3.63, 3.8) is 0 Å². The van der Waals surface area contributed by atoms with E-state index in [0.717, 1.165) is 5.56 Å². The molecule has 1 aliphatic heterocycles. The number of carbonyl (C=O) groups is 2. The van der Waals surface area contributed by atoms with Gasteiger partial charge in [-0.05, 0) is 53.4 Å². The maximum absolute atomic E-state index is 13.3. The van der Waals surface area contributed by atoms with E-state index in [2.05, 4.69) is 25.8 Å². The number of amides is 1. The van der Waals surface area contributed by atoms with Crippen molar-refractivity contribution >= 4 is 34.7 Å². The summed E-state index contributed by atoms with van der Waals surface area (Å²) in [5, 5.41) is 11.5. The molecular weight excluding hydrogens is 452 g/mol. The Kier molecular flexibility index (Phi) is 6.19. The molecule has 34 heavy (non-hydrogen) atoms. The number of ketones is 1. The number of halogens is 1. The van der Waals surface area contributed by atoms with E-state index in [4.69, 9.17) is 16.3 Å². The van der Waals surface area contributed by atoms with Crippen LogP contribution in [0.2, 0.25) is 5.02 Å². The third kappa shape index (κ3) is 4.17. The van der Waals surface area contributed by atoms with Crippen molar-refractivity contribution in [3.05, 3.63) is 94.3 Å². The van der Waals surface area contributed by atoms with Crippen LogP contribution in [0.15, 0.2) is 72.4 Å². The van der Waals surface area contributed by atoms with Crippen LogP contribution in [0.3, 0.4) is 0 Å². The first kappa shape index (κ1) is 23.5. The Labute approximate surface area is 203 Å². The monoisotopic (exact) mass is 476 g/mol. The predicted molar refractivity (Wildman–Crippen MR) is 132 cm³/mol. The number of anilines is 1. The number of aliphatic hydroxyl groups is 1. The molecule has 0 aliphatic carbocycles. The van der Waals surface area contributed by atoms with E-state index in [-0.39, 0.29) is 27.3 Å². The van der Waals surface area contributed by atoms with Gasteiger partial charge < -0.3 is 9.84 Å². The van der Waals surface area contributed by atoms with E-state index in [9.17, 15) is 14.7 Å². The maximum atomic E-state index is 13.3. The van der Waals surface area contributed by atoms with Gasteiger partial charge in [0.25, 0.3) is 11.7 Å². The number of aliphatic hydroxyl groups excluding tert-OH is 1. The number of ether oxygens (including phenoxy) is 1. The largest absolute Gasteiger partial charge is 0.507 e. The Morgan fingerprint density at radius 2 is 1.76 bits per heavy atom. The molecule has 0 radical (unpaired) electrons. The summed E-state index contributed by atoms with van der Waals surface area (Å²) in [6.07, 6.45) is 1.58. The van der Waals surface area contributed by atoms with Crippen LogP contribution in [-0.2, 0) is 15.0 Å². The highest BCUT2D eigenvalue weighted by Gasteiger charge is 2.47. The first-order valence-corrected chi connectivity index (χ1v) is 11.2. The lowest BCUT2D eigenvalue weighted by atomic mass is 9.87. The maximum Gasteiger partial charge on any atom is 0.300 e. The molecule has 1 amide bonds. The predicted octanol–water partition coefficient (Wildman–Crippen LogP) is 5.67. The van der Waals surface area contributed by atoms with Gasteiger partial charge in [-0.2, -0.15) is 0 Å². The summed E-state index contributed by atoms with van der Waals surface area (Å²) >= 11 is 6.34. The van der Waals surface area contributed by atoms with Gasteiger partial charge in [0.2, 0.25) is 0 Å². The minimum absolute atomic E-state index is 0.0732. The van der Waals surface area contributed by atoms with Crippen LogP contribution in [0.25, 0.3) is 5.76 Å². The Morgan fingerprint density at radius 1 is 1.06 bits per heavy atom. The molecule has 7 heteroatoms. The highest BCUT2D eigenvalue weighted by atomic mass is 35.5. The first-order valence-electron chi connectivity index (χ1n) is 10.8. The summed E-state index contributed by atoms with van der Waals surface area (Å²) in [4.78, 5) is 32.3. The highest BCUT2D eigenvalue weighted by molar-refractivity contribution is 6.52. The third-order valence-corrected chi connectivity index (χ3v) is 6.18. The average molecular weight is 477 g/mol. The van der Waals surface area contributed by atoms with Gasteiger partial charge in [-0.3, -0.25) is 19.5 Å². The molecule has 1 aliphatic rings. The summed E-state index contributed by atoms with van der Waals surface area (Å²) in [5.74, 6) is -1.49. The van der Waals surface area contributed by atoms with Gasteiger partial charge in [-0.25, -0.2) is 0 Å². The minimum atomic E-state index is -0.927. The number of rotatable bonds is 4. The van der Waals surface area contributed by atoms with Crippen molar-refractivity contribution in [2.75, 3.05) is 12.0 Å². The second-order valence-electron chi connectivity index (χ2n) is 9.07. The molecule has 4 rings (SSSR count). The molecular formula is C27H25ClN2O4. The summed E-state index contributed by atoms with van der Waals surface area (Å²) in [7, 11) is 1.49. The topological polar surface area (TPSA) is 79.7 Å². The zero-order valence-electron chi connectivity index (χ0n) is 19.4. The number of hydrogen-bond donors (Lipinski definition) is 1. The van der Waals surface area contributed by atoms with E-state index in [0.29, 0.717) is 17.1 Å². The lowest BCUT2D eigenvalue weighted by Gasteiger charge is -2.26. The summed E-state index contributed by atoms with van der Waals surface area (Å²) in [5.41, 5.74) is 2.10. The van der Waals surface area contributed by atoms with Crippen LogP contribution in [-0.4, -0.2) is 28.9 Å². The van der Waals surface area contributed by atoms with Gasteiger partial charge in [-0.15, -0.1) is 0 Å². The number of nitrogens with zero attached hydrogens (tertiary/aromatic N) is 2. The minimum Gasteiger partial charge on any atom is -0.507 e. The molecule has 1 saturated heterocycles. The normalized spacial score (nSPS) is 17.8. The van der Waals surface area contributed by atoms with Gasteiger partial charge in [0.05, 0.1) is 23.4 Å². The fourth-order valence-electron chi connectivity index (χ4n) is 4.00. The molecule has 0 saturated carbocycles. The molecule has 1 fully saturated rings. The van der Waals surface area contributed by atoms with Crippen molar-refractivity contribution in [3.8, 4) is 5.75 Å². The standard InChI is InChI=1S/C27H25ClN2O4/c1-27(2,3)16-8-10-17(11-9-16)30-23(21-7-5-6-14-29-21)22(25(32)26(30)33)24(31)19-15-18(34-4)12-13-20(19)28/h5-15,23,31H,1-4H3/b24-22+. The molecule has 1 atom stereocenters. The summed E-state index contributed by atoms with van der Waals surface area (Å²) in [6.45, 7) is 6.29. The number of aromatic nitrogens is 1. The smallest absolute Gasteiger partial charge is 0.300 e. The number of pyridine rings is 1. The van der Waals surface area contributed by atoms with Crippen LogP contribution in [0, 0.1) is 0 Å². The zero-order chi connectivity index (χ0) is 24.6. The quantitative estimate of drug-likeness (QED) is 0.298. The first-order chi connectivity index (χ1) is 16.1. The van der Waals surface area contributed by atoms with Crippen LogP contribution in [0.5, 0.6) is 5.75 Å². The van der Waals surface area contributed by atoms with E-state index < -0.39 is 17.7 Å². The number of Topliss-reactive ketones (excluding diaryl/α,β-unsaturated/α-hetero) is 1. The molecule has 1 N–H and O–H groups in total. The molecule has 0 spiro atoms. The Morgan fingerprint density at radius 3 is 2.35 bits per heavy atom. The second-order valence-corrected chi connectivity index (χ2v) is 9.47. The number of hydrogen-bond acceptors (Lipinski definition) is 5. The SMILES string of the molecule is COc1ccc(Cl)c(/C(O)=C2\C(=O)C(=O)N(c3ccc(C(C)(C)C)cc3)C2c2ccccn2)c1. The summed E-state index contributed by atoms with van der Waals surface area (Å²) in [6, 6.07) is 16.5. The molecule has 1 unspecified atom stereocenters. The third-order valence-electron chi connectivity index (χ3n) is 5.85. The van der Waals surface area contributed by atoms with Crippen LogP contribution < -0.4 is 9.64 Å². The molecule has 2 heterocycles. The number of carbonyl (C=O) groups excluding carboxylic acids is 2. The number of benzene rings is 2. The molecule has 174 valence electrons. The fraction of sp³-hybridized carbons (Fsp3) is 0.222. The zero-order valence-corrected chi connectivity index (χ0v) is 20.1. The Hall–Kier alpha value is -3.64. The fourth-order valence-corrected chi connectivity index (χ4v) is 4.20.